The first-order chi connectivity index (χ1) is 8.04. The summed E-state index contributed by atoms with van der Waals surface area (Å²) in [6.45, 7) is 8.77. The van der Waals surface area contributed by atoms with Crippen LogP contribution in [0.3, 0.4) is 0 Å². The van der Waals surface area contributed by atoms with Crippen molar-refractivity contribution < 1.29 is 18.7 Å². The van der Waals surface area contributed by atoms with Crippen LogP contribution in [0.2, 0.25) is 0 Å². The van der Waals surface area contributed by atoms with E-state index in [0.717, 1.165) is 0 Å². The lowest BCUT2D eigenvalue weighted by atomic mass is 10.0. The van der Waals surface area contributed by atoms with E-state index < -0.39 is 23.6 Å². The van der Waals surface area contributed by atoms with Crippen LogP contribution < -0.4 is 0 Å². The Morgan fingerprint density at radius 3 is 2.17 bits per heavy atom. The molecule has 4 nitrogen and oxygen atoms in total. The summed E-state index contributed by atoms with van der Waals surface area (Å²) in [5.41, 5.74) is -0.575. The molecule has 0 fully saturated rings. The van der Waals surface area contributed by atoms with E-state index in [0.29, 0.717) is 0 Å². The van der Waals surface area contributed by atoms with Gasteiger partial charge in [-0.25, -0.2) is 9.18 Å². The van der Waals surface area contributed by atoms with Crippen LogP contribution in [0.1, 0.15) is 41.0 Å². The molecule has 0 saturated heterocycles. The second-order valence-electron chi connectivity index (χ2n) is 5.72. The van der Waals surface area contributed by atoms with Gasteiger partial charge in [-0.05, 0) is 20.8 Å². The van der Waals surface area contributed by atoms with Crippen LogP contribution >= 0.6 is 0 Å². The van der Waals surface area contributed by atoms with Gasteiger partial charge in [-0.15, -0.1) is 0 Å². The third-order valence-electron chi connectivity index (χ3n) is 2.30. The first-order valence-electron chi connectivity index (χ1n) is 6.16. The number of carbonyl (C=O) groups excluding carboxylic acids is 2. The highest BCUT2D eigenvalue weighted by atomic mass is 19.1. The first kappa shape index (κ1) is 16.9. The molecule has 106 valence electrons. The van der Waals surface area contributed by atoms with Gasteiger partial charge in [0.1, 0.15) is 5.60 Å². The maximum absolute atomic E-state index is 13.5. The standard InChI is InChI=1S/C13H24FNO3/c1-9(2)11(16)10(14)7-8-15(6)12(17)18-13(3,4)5/h9-10H,7-8H2,1-6H3. The third kappa shape index (κ3) is 6.57. The van der Waals surface area contributed by atoms with Gasteiger partial charge in [-0.1, -0.05) is 13.8 Å². The zero-order valence-corrected chi connectivity index (χ0v) is 12.1. The van der Waals surface area contributed by atoms with E-state index in [1.807, 2.05) is 0 Å². The minimum absolute atomic E-state index is 0.00670. The van der Waals surface area contributed by atoms with Crippen LogP contribution in [0.25, 0.3) is 0 Å². The molecule has 0 radical (unpaired) electrons. The topological polar surface area (TPSA) is 46.6 Å². The summed E-state index contributed by atoms with van der Waals surface area (Å²) < 4.78 is 18.6. The molecule has 0 saturated carbocycles. The summed E-state index contributed by atoms with van der Waals surface area (Å²) in [5, 5.41) is 0. The molecule has 0 aromatic heterocycles. The van der Waals surface area contributed by atoms with Crippen molar-refractivity contribution in [2.24, 2.45) is 5.92 Å². The maximum Gasteiger partial charge on any atom is 0.410 e. The number of amides is 1. The highest BCUT2D eigenvalue weighted by Gasteiger charge is 2.23. The van der Waals surface area contributed by atoms with E-state index in [2.05, 4.69) is 0 Å². The molecule has 0 heterocycles. The normalized spacial score (nSPS) is 13.3. The lowest BCUT2D eigenvalue weighted by Gasteiger charge is -2.25. The molecular formula is C13H24FNO3. The Morgan fingerprint density at radius 1 is 1.28 bits per heavy atom. The minimum atomic E-state index is -1.52. The molecule has 18 heavy (non-hydrogen) atoms. The van der Waals surface area contributed by atoms with E-state index >= 15 is 0 Å². The quantitative estimate of drug-likeness (QED) is 0.764. The summed E-state index contributed by atoms with van der Waals surface area (Å²) in [6.07, 6.45) is -2.02. The number of ketones is 1. The lowest BCUT2D eigenvalue weighted by Crippen LogP contribution is -2.36. The van der Waals surface area contributed by atoms with Gasteiger partial charge in [0.2, 0.25) is 0 Å². The van der Waals surface area contributed by atoms with E-state index in [4.69, 9.17) is 4.74 Å². The minimum Gasteiger partial charge on any atom is -0.444 e. The number of hydrogen-bond acceptors (Lipinski definition) is 3. The van der Waals surface area contributed by atoms with Crippen molar-refractivity contribution in [2.45, 2.75) is 52.8 Å². The second-order valence-corrected chi connectivity index (χ2v) is 5.72. The van der Waals surface area contributed by atoms with Crippen LogP contribution in [0.15, 0.2) is 0 Å². The van der Waals surface area contributed by atoms with Crippen LogP contribution in [0, 0.1) is 5.92 Å². The van der Waals surface area contributed by atoms with Gasteiger partial charge in [0.15, 0.2) is 12.0 Å². The molecule has 0 rings (SSSR count). The molecule has 0 aliphatic carbocycles. The Hall–Kier alpha value is -1.13. The van der Waals surface area contributed by atoms with Crippen LogP contribution in [0.5, 0.6) is 0 Å². The molecule has 1 amide bonds. The van der Waals surface area contributed by atoms with Gasteiger partial charge < -0.3 is 9.64 Å². The van der Waals surface area contributed by atoms with E-state index in [9.17, 15) is 14.0 Å². The molecule has 0 aliphatic rings. The van der Waals surface area contributed by atoms with Gasteiger partial charge in [0.25, 0.3) is 0 Å². The van der Waals surface area contributed by atoms with Gasteiger partial charge in [-0.2, -0.15) is 0 Å². The Morgan fingerprint density at radius 2 is 1.78 bits per heavy atom. The number of nitrogens with zero attached hydrogens (tertiary/aromatic N) is 1. The van der Waals surface area contributed by atoms with E-state index in [1.54, 1.807) is 34.6 Å². The molecule has 0 bridgehead atoms. The van der Waals surface area contributed by atoms with Gasteiger partial charge in [0.05, 0.1) is 0 Å². The van der Waals surface area contributed by atoms with E-state index in [1.165, 1.54) is 11.9 Å². The molecule has 1 atom stereocenters. The highest BCUT2D eigenvalue weighted by Crippen LogP contribution is 2.11. The van der Waals surface area contributed by atoms with Crippen molar-refractivity contribution in [1.82, 2.24) is 4.90 Å². The lowest BCUT2D eigenvalue weighted by molar-refractivity contribution is -0.127. The fourth-order valence-corrected chi connectivity index (χ4v) is 1.24. The number of rotatable bonds is 5. The molecule has 0 aromatic carbocycles. The number of ether oxygens (including phenoxy) is 1. The predicted octanol–water partition coefficient (Wildman–Crippen LogP) is 2.81. The summed E-state index contributed by atoms with van der Waals surface area (Å²) in [6, 6.07) is 0. The molecule has 0 N–H and O–H groups in total. The zero-order chi connectivity index (χ0) is 14.5. The molecule has 0 aliphatic heterocycles. The number of carbonyl (C=O) groups is 2. The monoisotopic (exact) mass is 261 g/mol. The van der Waals surface area contributed by atoms with Gasteiger partial charge >= 0.3 is 6.09 Å². The summed E-state index contributed by atoms with van der Waals surface area (Å²) >= 11 is 0. The van der Waals surface area contributed by atoms with Gasteiger partial charge in [-0.3, -0.25) is 4.79 Å². The Bertz CT molecular complexity index is 297. The Balaban J connectivity index is 4.14. The first-order valence-corrected chi connectivity index (χ1v) is 6.16. The van der Waals surface area contributed by atoms with Crippen molar-refractivity contribution in [2.75, 3.05) is 13.6 Å². The highest BCUT2D eigenvalue weighted by molar-refractivity contribution is 5.84. The average molecular weight is 261 g/mol. The second kappa shape index (κ2) is 6.71. The predicted molar refractivity (Wildman–Crippen MR) is 68.2 cm³/mol. The summed E-state index contributed by atoms with van der Waals surface area (Å²) in [4.78, 5) is 24.2. The largest absolute Gasteiger partial charge is 0.444 e. The number of Topliss-reactive ketones (excluding diaryl/α,β-unsaturated/α-hetero) is 1. The van der Waals surface area contributed by atoms with Crippen molar-refractivity contribution >= 4 is 11.9 Å². The summed E-state index contributed by atoms with van der Waals surface area (Å²) in [5.74, 6) is -0.751. The SMILES string of the molecule is CC(C)C(=O)C(F)CCN(C)C(=O)OC(C)(C)C. The number of hydrogen-bond donors (Lipinski definition) is 0. The van der Waals surface area contributed by atoms with Crippen LogP contribution in [-0.2, 0) is 9.53 Å². The maximum atomic E-state index is 13.5. The van der Waals surface area contributed by atoms with Crippen molar-refractivity contribution in [1.29, 1.82) is 0 Å². The molecule has 5 heteroatoms. The molecule has 0 aromatic rings. The van der Waals surface area contributed by atoms with Crippen LogP contribution in [-0.4, -0.2) is 42.1 Å². The van der Waals surface area contributed by atoms with Crippen molar-refractivity contribution in [3.05, 3.63) is 0 Å². The fraction of sp³-hybridized carbons (Fsp3) is 0.846. The zero-order valence-electron chi connectivity index (χ0n) is 12.1. The average Bonchev–Trinajstić information content (AvgIpc) is 2.21. The van der Waals surface area contributed by atoms with Crippen LogP contribution in [0.4, 0.5) is 9.18 Å². The van der Waals surface area contributed by atoms with Gasteiger partial charge in [0, 0.05) is 25.9 Å². The summed E-state index contributed by atoms with van der Waals surface area (Å²) in [7, 11) is 1.53. The smallest absolute Gasteiger partial charge is 0.410 e. The molecular weight excluding hydrogens is 237 g/mol. The number of halogens is 1. The van der Waals surface area contributed by atoms with E-state index in [-0.39, 0.29) is 18.9 Å². The fourth-order valence-electron chi connectivity index (χ4n) is 1.24. The van der Waals surface area contributed by atoms with Crippen molar-refractivity contribution in [3.8, 4) is 0 Å². The Kier molecular flexibility index (Phi) is 6.29. The Labute approximate surface area is 108 Å². The molecule has 1 unspecified atom stereocenters. The van der Waals surface area contributed by atoms with Crippen molar-refractivity contribution in [3.63, 3.8) is 0 Å². The third-order valence-corrected chi connectivity index (χ3v) is 2.30. The number of alkyl halides is 1. The molecule has 0 spiro atoms.